The number of ether oxygens (including phenoxy) is 1. The van der Waals surface area contributed by atoms with Crippen LogP contribution < -0.4 is 0 Å². The van der Waals surface area contributed by atoms with Gasteiger partial charge in [-0.2, -0.15) is 0 Å². The van der Waals surface area contributed by atoms with Gasteiger partial charge in [-0.05, 0) is 80.8 Å². The van der Waals surface area contributed by atoms with Crippen LogP contribution in [0.2, 0.25) is 0 Å². The monoisotopic (exact) mass is 445 g/mol. The first kappa shape index (κ1) is 22.1. The van der Waals surface area contributed by atoms with Gasteiger partial charge in [0.15, 0.2) is 0 Å². The smallest absolute Gasteiger partial charge is 0.233 e. The van der Waals surface area contributed by atoms with Gasteiger partial charge in [0.1, 0.15) is 0 Å². The summed E-state index contributed by atoms with van der Waals surface area (Å²) in [6.45, 7) is 13.5. The zero-order valence-electron chi connectivity index (χ0n) is 20.5. The maximum absolute atomic E-state index is 12.9. The molecule has 5 rings (SSSR count). The van der Waals surface area contributed by atoms with E-state index >= 15 is 0 Å². The number of aryl methyl sites for hydroxylation is 2. The minimum Gasteiger partial charge on any atom is -0.379 e. The Morgan fingerprint density at radius 2 is 1.79 bits per heavy atom. The second-order valence-electron chi connectivity index (χ2n) is 10.6. The number of carbonyl (C=O) groups excluding carboxylic acids is 1. The molecule has 0 atom stereocenters. The summed E-state index contributed by atoms with van der Waals surface area (Å²) in [5, 5.41) is 1.32. The van der Waals surface area contributed by atoms with E-state index in [9.17, 15) is 4.79 Å². The van der Waals surface area contributed by atoms with Crippen LogP contribution in [0.1, 0.15) is 68.0 Å². The average Bonchev–Trinajstić information content (AvgIpc) is 3.15. The predicted octanol–water partition coefficient (Wildman–Crippen LogP) is 5.71. The molecular formula is C28H35N3O2. The predicted molar refractivity (Wildman–Crippen MR) is 133 cm³/mol. The number of hydrogen-bond donors (Lipinski definition) is 1. The maximum atomic E-state index is 12.9. The molecule has 0 aliphatic carbocycles. The molecule has 5 nitrogen and oxygen atoms in total. The van der Waals surface area contributed by atoms with Gasteiger partial charge in [0, 0.05) is 40.9 Å². The molecule has 0 spiro atoms. The van der Waals surface area contributed by atoms with Crippen LogP contribution in [0, 0.1) is 19.3 Å². The van der Waals surface area contributed by atoms with Gasteiger partial charge in [0.25, 0.3) is 0 Å². The van der Waals surface area contributed by atoms with Crippen LogP contribution in [-0.2, 0) is 9.53 Å². The molecule has 0 saturated carbocycles. The summed E-state index contributed by atoms with van der Waals surface area (Å²) in [6.07, 6.45) is 2.04. The molecular weight excluding hydrogens is 410 g/mol. The van der Waals surface area contributed by atoms with Crippen LogP contribution in [0.25, 0.3) is 22.2 Å². The number of hydrogen-bond acceptors (Lipinski definition) is 3. The van der Waals surface area contributed by atoms with E-state index in [-0.39, 0.29) is 11.3 Å². The molecule has 0 unspecified atom stereocenters. The number of H-pyrrole nitrogens is 1. The Bertz CT molecular complexity index is 1180. The number of piperidine rings is 1. The van der Waals surface area contributed by atoms with Gasteiger partial charge >= 0.3 is 0 Å². The standard InChI is InChI=1S/C28H35N3O2/c1-17(2)25-23-14-21(20-8-10-31(11-9-20)27(32)28(5)15-33-16-28)6-7-24(23)30-26(25)22-12-18(3)29-19(4)13-22/h6-7,12-14,17,20,30H,8-11,15-16H2,1-5H3. The van der Waals surface area contributed by atoms with Gasteiger partial charge in [0.05, 0.1) is 24.3 Å². The topological polar surface area (TPSA) is 58.2 Å². The minimum atomic E-state index is -0.302. The molecule has 174 valence electrons. The quantitative estimate of drug-likeness (QED) is 0.559. The van der Waals surface area contributed by atoms with Crippen LogP contribution >= 0.6 is 0 Å². The highest BCUT2D eigenvalue weighted by Crippen LogP contribution is 2.39. The van der Waals surface area contributed by atoms with E-state index in [1.807, 2.05) is 6.92 Å². The third-order valence-corrected chi connectivity index (χ3v) is 7.42. The van der Waals surface area contributed by atoms with E-state index in [0.29, 0.717) is 25.0 Å². The molecule has 3 aromatic rings. The molecule has 2 aliphatic heterocycles. The lowest BCUT2D eigenvalue weighted by Gasteiger charge is -2.42. The van der Waals surface area contributed by atoms with E-state index in [2.05, 4.69) is 72.9 Å². The van der Waals surface area contributed by atoms with Crippen LogP contribution in [0.3, 0.4) is 0 Å². The minimum absolute atomic E-state index is 0.267. The number of pyridine rings is 1. The first-order valence-electron chi connectivity index (χ1n) is 12.2. The summed E-state index contributed by atoms with van der Waals surface area (Å²) < 4.78 is 5.30. The number of fused-ring (bicyclic) bond motifs is 1. The molecule has 4 heterocycles. The van der Waals surface area contributed by atoms with Crippen molar-refractivity contribution in [1.29, 1.82) is 0 Å². The molecule has 1 N–H and O–H groups in total. The Morgan fingerprint density at radius 1 is 1.12 bits per heavy atom. The van der Waals surface area contributed by atoms with Gasteiger partial charge in [-0.1, -0.05) is 19.9 Å². The molecule has 1 aromatic carbocycles. The van der Waals surface area contributed by atoms with Gasteiger partial charge in [-0.25, -0.2) is 0 Å². The van der Waals surface area contributed by atoms with Crippen LogP contribution in [0.5, 0.6) is 0 Å². The number of likely N-dealkylation sites (tertiary alicyclic amines) is 1. The number of aromatic amines is 1. The van der Waals surface area contributed by atoms with Gasteiger partial charge in [0.2, 0.25) is 5.91 Å². The number of nitrogens with zero attached hydrogens (tertiary/aromatic N) is 2. The Hall–Kier alpha value is -2.66. The fraction of sp³-hybridized carbons (Fsp3) is 0.500. The number of amides is 1. The van der Waals surface area contributed by atoms with Crippen LogP contribution in [0.4, 0.5) is 0 Å². The van der Waals surface area contributed by atoms with Gasteiger partial charge in [-0.3, -0.25) is 9.78 Å². The zero-order chi connectivity index (χ0) is 23.3. The van der Waals surface area contributed by atoms with E-state index in [1.165, 1.54) is 33.3 Å². The first-order valence-corrected chi connectivity index (χ1v) is 12.2. The first-order chi connectivity index (χ1) is 15.7. The van der Waals surface area contributed by atoms with E-state index in [4.69, 9.17) is 4.74 Å². The Kier molecular flexibility index (Phi) is 5.56. The summed E-state index contributed by atoms with van der Waals surface area (Å²) in [5.41, 5.74) is 8.16. The van der Waals surface area contributed by atoms with Crippen LogP contribution in [-0.4, -0.2) is 47.1 Å². The zero-order valence-corrected chi connectivity index (χ0v) is 20.5. The van der Waals surface area contributed by atoms with E-state index in [1.54, 1.807) is 0 Å². The SMILES string of the molecule is Cc1cc(-c2[nH]c3ccc(C4CCN(C(=O)C5(C)COC5)CC4)cc3c2C(C)C)cc(C)n1. The summed E-state index contributed by atoms with van der Waals surface area (Å²) in [5.74, 6) is 1.17. The van der Waals surface area contributed by atoms with Crippen LogP contribution in [0.15, 0.2) is 30.3 Å². The summed E-state index contributed by atoms with van der Waals surface area (Å²) in [6, 6.07) is 11.3. The molecule has 2 saturated heterocycles. The number of benzene rings is 1. The van der Waals surface area contributed by atoms with Crippen molar-refractivity contribution in [2.75, 3.05) is 26.3 Å². The van der Waals surface area contributed by atoms with Crippen molar-refractivity contribution in [1.82, 2.24) is 14.9 Å². The number of aromatic nitrogens is 2. The number of nitrogens with one attached hydrogen (secondary N) is 1. The fourth-order valence-electron chi connectivity index (χ4n) is 5.62. The van der Waals surface area contributed by atoms with Crippen molar-refractivity contribution in [3.63, 3.8) is 0 Å². The molecule has 0 bridgehead atoms. The van der Waals surface area contributed by atoms with Crippen molar-refractivity contribution in [3.8, 4) is 11.3 Å². The lowest BCUT2D eigenvalue weighted by molar-refractivity contribution is -0.169. The second kappa shape index (κ2) is 8.28. The van der Waals surface area contributed by atoms with Crippen molar-refractivity contribution in [2.45, 2.75) is 59.3 Å². The molecule has 5 heteroatoms. The Labute approximate surface area is 196 Å². The van der Waals surface area contributed by atoms with E-state index in [0.717, 1.165) is 37.3 Å². The molecule has 2 aliphatic rings. The Balaban J connectivity index is 1.43. The second-order valence-corrected chi connectivity index (χ2v) is 10.6. The highest BCUT2D eigenvalue weighted by Gasteiger charge is 2.44. The molecule has 0 radical (unpaired) electrons. The largest absolute Gasteiger partial charge is 0.379 e. The third-order valence-electron chi connectivity index (χ3n) is 7.42. The van der Waals surface area contributed by atoms with E-state index < -0.39 is 0 Å². The number of rotatable bonds is 4. The average molecular weight is 446 g/mol. The van der Waals surface area contributed by atoms with Gasteiger partial charge in [-0.15, -0.1) is 0 Å². The lowest BCUT2D eigenvalue weighted by Crippen LogP contribution is -2.54. The molecule has 1 amide bonds. The molecule has 33 heavy (non-hydrogen) atoms. The molecule has 2 fully saturated rings. The van der Waals surface area contributed by atoms with Crippen molar-refractivity contribution < 1.29 is 9.53 Å². The highest BCUT2D eigenvalue weighted by molar-refractivity contribution is 5.92. The van der Waals surface area contributed by atoms with Gasteiger partial charge < -0.3 is 14.6 Å². The van der Waals surface area contributed by atoms with Crippen molar-refractivity contribution >= 4 is 16.8 Å². The van der Waals surface area contributed by atoms with Crippen molar-refractivity contribution in [2.24, 2.45) is 5.41 Å². The normalized spacial score (nSPS) is 18.7. The highest BCUT2D eigenvalue weighted by atomic mass is 16.5. The summed E-state index contributed by atoms with van der Waals surface area (Å²) >= 11 is 0. The summed E-state index contributed by atoms with van der Waals surface area (Å²) in [7, 11) is 0. The molecule has 2 aromatic heterocycles. The Morgan fingerprint density at radius 3 is 2.36 bits per heavy atom. The summed E-state index contributed by atoms with van der Waals surface area (Å²) in [4.78, 5) is 23.2. The number of carbonyl (C=O) groups is 1. The maximum Gasteiger partial charge on any atom is 0.233 e. The van der Waals surface area contributed by atoms with Crippen molar-refractivity contribution in [3.05, 3.63) is 52.8 Å². The third kappa shape index (κ3) is 3.97. The lowest BCUT2D eigenvalue weighted by atomic mass is 9.84. The fourth-order valence-corrected chi connectivity index (χ4v) is 5.62.